The van der Waals surface area contributed by atoms with Gasteiger partial charge in [-0.25, -0.2) is 4.79 Å². The minimum atomic E-state index is -0.985. The van der Waals surface area contributed by atoms with Crippen LogP contribution in [0.1, 0.15) is 16.1 Å². The van der Waals surface area contributed by atoms with Crippen LogP contribution in [0.4, 0.5) is 5.69 Å². The molecule has 0 bridgehead atoms. The maximum atomic E-state index is 11.1. The summed E-state index contributed by atoms with van der Waals surface area (Å²) < 4.78 is 12.1. The molecule has 0 spiro atoms. The van der Waals surface area contributed by atoms with Crippen LogP contribution in [0, 0.1) is 0 Å². The van der Waals surface area contributed by atoms with Crippen LogP contribution in [0.3, 0.4) is 0 Å². The average Bonchev–Trinajstić information content (AvgIpc) is 3.09. The molecule has 3 aromatic rings. The fourth-order valence-corrected chi connectivity index (χ4v) is 2.67. The van der Waals surface area contributed by atoms with Gasteiger partial charge < -0.3 is 19.6 Å². The van der Waals surface area contributed by atoms with Crippen LogP contribution in [0.2, 0.25) is 0 Å². The van der Waals surface area contributed by atoms with Crippen molar-refractivity contribution in [2.75, 3.05) is 12.4 Å². The number of aromatic carboxylic acids is 1. The number of carboxylic acids is 1. The fraction of sp³-hybridized carbons (Fsp3) is 0.105. The van der Waals surface area contributed by atoms with Gasteiger partial charge in [0.1, 0.15) is 17.3 Å². The van der Waals surface area contributed by atoms with Crippen molar-refractivity contribution < 1.29 is 19.1 Å². The second-order valence-corrected chi connectivity index (χ2v) is 6.26. The van der Waals surface area contributed by atoms with Crippen molar-refractivity contribution in [3.05, 3.63) is 70.4 Å². The highest BCUT2D eigenvalue weighted by Gasteiger charge is 2.10. The molecule has 0 aliphatic heterocycles. The van der Waals surface area contributed by atoms with Gasteiger partial charge in [-0.1, -0.05) is 28.1 Å². The second-order valence-electron chi connectivity index (χ2n) is 5.35. The lowest BCUT2D eigenvalue weighted by molar-refractivity contribution is 0.0697. The van der Waals surface area contributed by atoms with E-state index in [0.29, 0.717) is 18.0 Å². The Kier molecular flexibility index (Phi) is 5.09. The number of hydrogen-bond acceptors (Lipinski definition) is 4. The maximum absolute atomic E-state index is 11.1. The number of furan rings is 1. The first-order valence-corrected chi connectivity index (χ1v) is 8.36. The topological polar surface area (TPSA) is 71.7 Å². The molecule has 128 valence electrons. The van der Waals surface area contributed by atoms with Crippen LogP contribution < -0.4 is 10.1 Å². The molecule has 0 aliphatic rings. The molecule has 6 heteroatoms. The Balaban J connectivity index is 1.75. The number of methoxy groups -OCH3 is 1. The molecule has 2 N–H and O–H groups in total. The summed E-state index contributed by atoms with van der Waals surface area (Å²) in [4.78, 5) is 11.1. The van der Waals surface area contributed by atoms with Gasteiger partial charge in [-0.3, -0.25) is 0 Å². The molecule has 1 heterocycles. The molecule has 0 aliphatic carbocycles. The van der Waals surface area contributed by atoms with Gasteiger partial charge in [0.25, 0.3) is 0 Å². The number of halogens is 1. The third kappa shape index (κ3) is 4.03. The minimum Gasteiger partial charge on any atom is -0.495 e. The number of nitrogens with one attached hydrogen (secondary N) is 1. The lowest BCUT2D eigenvalue weighted by atomic mass is 10.2. The van der Waals surface area contributed by atoms with Gasteiger partial charge in [-0.15, -0.1) is 0 Å². The van der Waals surface area contributed by atoms with Gasteiger partial charge in [-0.2, -0.15) is 0 Å². The number of carbonyl (C=O) groups is 1. The summed E-state index contributed by atoms with van der Waals surface area (Å²) in [5, 5.41) is 12.3. The Morgan fingerprint density at radius 2 is 1.92 bits per heavy atom. The molecule has 0 fully saturated rings. The molecule has 0 radical (unpaired) electrons. The molecule has 0 unspecified atom stereocenters. The molecule has 2 aromatic carbocycles. The molecular formula is C19H16BrNO4. The Hall–Kier alpha value is -2.73. The minimum absolute atomic E-state index is 0.193. The summed E-state index contributed by atoms with van der Waals surface area (Å²) in [7, 11) is 1.54. The van der Waals surface area contributed by atoms with Crippen molar-refractivity contribution in [3.8, 4) is 17.1 Å². The summed E-state index contributed by atoms with van der Waals surface area (Å²) in [6.07, 6.45) is 0. The van der Waals surface area contributed by atoms with Crippen LogP contribution >= 0.6 is 15.9 Å². The highest BCUT2D eigenvalue weighted by molar-refractivity contribution is 9.10. The van der Waals surface area contributed by atoms with Crippen LogP contribution in [0.5, 0.6) is 5.75 Å². The van der Waals surface area contributed by atoms with E-state index in [1.807, 2.05) is 36.4 Å². The monoisotopic (exact) mass is 401 g/mol. The van der Waals surface area contributed by atoms with E-state index in [1.54, 1.807) is 19.2 Å². The van der Waals surface area contributed by atoms with Crippen molar-refractivity contribution in [2.24, 2.45) is 0 Å². The lowest BCUT2D eigenvalue weighted by Crippen LogP contribution is -2.03. The number of ether oxygens (including phenoxy) is 1. The predicted octanol–water partition coefficient (Wildman–Crippen LogP) is 5.03. The third-order valence-electron chi connectivity index (χ3n) is 3.69. The predicted molar refractivity (Wildman–Crippen MR) is 99.1 cm³/mol. The van der Waals surface area contributed by atoms with Gasteiger partial charge >= 0.3 is 5.97 Å². The van der Waals surface area contributed by atoms with E-state index in [9.17, 15) is 4.79 Å². The zero-order valence-corrected chi connectivity index (χ0v) is 15.0. The zero-order valence-electron chi connectivity index (χ0n) is 13.5. The van der Waals surface area contributed by atoms with E-state index < -0.39 is 5.97 Å². The van der Waals surface area contributed by atoms with Crippen LogP contribution in [-0.4, -0.2) is 18.2 Å². The Morgan fingerprint density at radius 1 is 1.16 bits per heavy atom. The molecule has 25 heavy (non-hydrogen) atoms. The maximum Gasteiger partial charge on any atom is 0.335 e. The van der Waals surface area contributed by atoms with Crippen molar-refractivity contribution in [3.63, 3.8) is 0 Å². The van der Waals surface area contributed by atoms with Crippen molar-refractivity contribution >= 4 is 27.6 Å². The van der Waals surface area contributed by atoms with Crippen LogP contribution in [0.25, 0.3) is 11.3 Å². The summed E-state index contributed by atoms with van der Waals surface area (Å²) in [5.74, 6) is 1.10. The lowest BCUT2D eigenvalue weighted by Gasteiger charge is -2.11. The van der Waals surface area contributed by atoms with Crippen molar-refractivity contribution in [1.82, 2.24) is 0 Å². The SMILES string of the molecule is COc1ccc(C(=O)O)cc1NCc1ccc(-c2ccc(Br)cc2)o1. The first-order chi connectivity index (χ1) is 12.1. The van der Waals surface area contributed by atoms with Crippen molar-refractivity contribution in [1.29, 1.82) is 0 Å². The van der Waals surface area contributed by atoms with Gasteiger partial charge in [0.15, 0.2) is 0 Å². The van der Waals surface area contributed by atoms with Gasteiger partial charge in [0.05, 0.1) is 24.9 Å². The van der Waals surface area contributed by atoms with Crippen molar-refractivity contribution in [2.45, 2.75) is 6.54 Å². The molecule has 0 amide bonds. The number of anilines is 1. The number of hydrogen-bond donors (Lipinski definition) is 2. The quantitative estimate of drug-likeness (QED) is 0.605. The summed E-state index contributed by atoms with van der Waals surface area (Å²) in [6.45, 7) is 0.413. The molecular weight excluding hydrogens is 386 g/mol. The van der Waals surface area contributed by atoms with Crippen LogP contribution in [-0.2, 0) is 6.54 Å². The first kappa shape index (κ1) is 17.1. The van der Waals surface area contributed by atoms with Crippen LogP contribution in [0.15, 0.2) is 63.5 Å². The summed E-state index contributed by atoms with van der Waals surface area (Å²) in [6, 6.07) is 16.3. The molecule has 0 saturated heterocycles. The molecule has 0 atom stereocenters. The Morgan fingerprint density at radius 3 is 2.60 bits per heavy atom. The number of carboxylic acid groups (broad SMARTS) is 1. The summed E-state index contributed by atoms with van der Waals surface area (Å²) in [5.41, 5.74) is 1.78. The fourth-order valence-electron chi connectivity index (χ4n) is 2.40. The third-order valence-corrected chi connectivity index (χ3v) is 4.22. The average molecular weight is 402 g/mol. The molecule has 1 aromatic heterocycles. The highest BCUT2D eigenvalue weighted by atomic mass is 79.9. The van der Waals surface area contributed by atoms with E-state index in [4.69, 9.17) is 14.3 Å². The van der Waals surface area contributed by atoms with E-state index in [1.165, 1.54) is 6.07 Å². The largest absolute Gasteiger partial charge is 0.495 e. The smallest absolute Gasteiger partial charge is 0.335 e. The van der Waals surface area contributed by atoms with E-state index in [0.717, 1.165) is 21.6 Å². The summed E-state index contributed by atoms with van der Waals surface area (Å²) >= 11 is 3.41. The normalized spacial score (nSPS) is 10.5. The van der Waals surface area contributed by atoms with Gasteiger partial charge in [0.2, 0.25) is 0 Å². The molecule has 0 saturated carbocycles. The number of rotatable bonds is 6. The van der Waals surface area contributed by atoms with E-state index in [-0.39, 0.29) is 5.56 Å². The van der Waals surface area contributed by atoms with E-state index >= 15 is 0 Å². The standard InChI is InChI=1S/C19H16BrNO4/c1-24-18-8-4-13(19(22)23)10-16(18)21-11-15-7-9-17(25-15)12-2-5-14(20)6-3-12/h2-10,21H,11H2,1H3,(H,22,23). The molecule has 3 rings (SSSR count). The molecule has 5 nitrogen and oxygen atoms in total. The van der Waals surface area contributed by atoms with Gasteiger partial charge in [0, 0.05) is 10.0 Å². The Labute approximate surface area is 153 Å². The first-order valence-electron chi connectivity index (χ1n) is 7.56. The second kappa shape index (κ2) is 7.44. The van der Waals surface area contributed by atoms with E-state index in [2.05, 4.69) is 21.2 Å². The highest BCUT2D eigenvalue weighted by Crippen LogP contribution is 2.28. The van der Waals surface area contributed by atoms with Gasteiger partial charge in [-0.05, 0) is 42.5 Å². The Bertz CT molecular complexity index is 887. The zero-order chi connectivity index (χ0) is 17.8. The number of benzene rings is 2.